The first-order valence-corrected chi connectivity index (χ1v) is 5.34. The van der Waals surface area contributed by atoms with Gasteiger partial charge in [-0.3, -0.25) is 4.79 Å². The second kappa shape index (κ2) is 4.79. The molecular formula is C7H11NO2S2. The van der Waals surface area contributed by atoms with E-state index in [1.807, 2.05) is 6.26 Å². The molecule has 0 radical (unpaired) electrons. The maximum absolute atomic E-state index is 11.4. The van der Waals surface area contributed by atoms with Gasteiger partial charge in [-0.15, -0.1) is 11.8 Å². The molecule has 0 aromatic heterocycles. The van der Waals surface area contributed by atoms with Crippen molar-refractivity contribution in [1.29, 1.82) is 0 Å². The zero-order valence-electron chi connectivity index (χ0n) is 6.91. The van der Waals surface area contributed by atoms with Gasteiger partial charge in [0.1, 0.15) is 4.20 Å². The maximum atomic E-state index is 11.4. The van der Waals surface area contributed by atoms with Gasteiger partial charge in [0, 0.05) is 13.1 Å². The highest BCUT2D eigenvalue weighted by molar-refractivity contribution is 8.24. The Hall–Kier alpha value is -0.130. The molecule has 1 aliphatic rings. The van der Waals surface area contributed by atoms with E-state index in [0.29, 0.717) is 30.5 Å². The molecule has 0 atom stereocenters. The number of rotatable bonds is 0. The lowest BCUT2D eigenvalue weighted by atomic mass is 10.4. The minimum absolute atomic E-state index is 0.0270. The first-order valence-electron chi connectivity index (χ1n) is 3.70. The van der Waals surface area contributed by atoms with Crippen molar-refractivity contribution in [3.05, 3.63) is 0 Å². The Morgan fingerprint density at radius 3 is 2.58 bits per heavy atom. The van der Waals surface area contributed by atoms with Gasteiger partial charge < -0.3 is 9.64 Å². The Morgan fingerprint density at radius 1 is 1.50 bits per heavy atom. The Bertz CT molecular complexity index is 190. The number of thioether (sulfide) groups is 1. The highest BCUT2D eigenvalue weighted by Gasteiger charge is 2.19. The summed E-state index contributed by atoms with van der Waals surface area (Å²) in [5.74, 6) is -0.0270. The summed E-state index contributed by atoms with van der Waals surface area (Å²) in [7, 11) is 0. The van der Waals surface area contributed by atoms with Crippen LogP contribution < -0.4 is 0 Å². The minimum atomic E-state index is -0.0270. The lowest BCUT2D eigenvalue weighted by Gasteiger charge is -2.26. The molecule has 1 rings (SSSR count). The quantitative estimate of drug-likeness (QED) is 0.540. The Balaban J connectivity index is 2.45. The molecule has 0 N–H and O–H groups in total. The summed E-state index contributed by atoms with van der Waals surface area (Å²) in [6.45, 7) is 2.59. The molecule has 1 heterocycles. The molecule has 3 nitrogen and oxygen atoms in total. The molecule has 68 valence electrons. The molecule has 0 aliphatic carbocycles. The summed E-state index contributed by atoms with van der Waals surface area (Å²) in [5, 5.41) is 0. The third-order valence-corrected chi connectivity index (χ3v) is 2.88. The number of amides is 1. The number of carbonyl (C=O) groups excluding carboxylic acids is 1. The molecule has 1 aliphatic heterocycles. The number of hydrogen-bond donors (Lipinski definition) is 0. The van der Waals surface area contributed by atoms with E-state index >= 15 is 0 Å². The first kappa shape index (κ1) is 9.95. The predicted molar refractivity (Wildman–Crippen MR) is 53.5 cm³/mol. The van der Waals surface area contributed by atoms with Crippen LogP contribution in [0.5, 0.6) is 0 Å². The molecule has 0 spiro atoms. The molecule has 0 aromatic carbocycles. The minimum Gasteiger partial charge on any atom is -0.378 e. The number of thiocarbonyl (C=S) groups is 1. The number of carbonyl (C=O) groups is 1. The lowest BCUT2D eigenvalue weighted by Crippen LogP contribution is -2.42. The van der Waals surface area contributed by atoms with Gasteiger partial charge in [-0.2, -0.15) is 0 Å². The average Bonchev–Trinajstić information content (AvgIpc) is 2.17. The first-order chi connectivity index (χ1) is 5.75. The van der Waals surface area contributed by atoms with Gasteiger partial charge in [0.2, 0.25) is 0 Å². The molecule has 0 aromatic rings. The summed E-state index contributed by atoms with van der Waals surface area (Å²) in [5.41, 5.74) is 0. The Kier molecular flexibility index (Phi) is 3.97. The molecule has 0 saturated carbocycles. The van der Waals surface area contributed by atoms with Crippen LogP contribution >= 0.6 is 24.0 Å². The molecule has 1 amide bonds. The van der Waals surface area contributed by atoms with Gasteiger partial charge in [-0.25, -0.2) is 0 Å². The number of morpholine rings is 1. The number of hydrogen-bond acceptors (Lipinski definition) is 4. The van der Waals surface area contributed by atoms with E-state index in [1.165, 1.54) is 11.8 Å². The molecular weight excluding hydrogens is 194 g/mol. The zero-order chi connectivity index (χ0) is 8.97. The molecule has 1 saturated heterocycles. The van der Waals surface area contributed by atoms with Crippen molar-refractivity contribution in [2.24, 2.45) is 0 Å². The van der Waals surface area contributed by atoms with E-state index in [2.05, 4.69) is 0 Å². The monoisotopic (exact) mass is 205 g/mol. The maximum Gasteiger partial charge on any atom is 0.271 e. The largest absolute Gasteiger partial charge is 0.378 e. The van der Waals surface area contributed by atoms with Crippen LogP contribution in [0, 0.1) is 0 Å². The SMILES string of the molecule is CSC(=S)C(=O)N1CCOCC1. The number of nitrogens with zero attached hydrogens (tertiary/aromatic N) is 1. The average molecular weight is 205 g/mol. The van der Waals surface area contributed by atoms with Crippen molar-refractivity contribution < 1.29 is 9.53 Å². The molecule has 5 heteroatoms. The third-order valence-electron chi connectivity index (χ3n) is 1.66. The standard InChI is InChI=1S/C7H11NO2S2/c1-12-7(11)6(9)8-2-4-10-5-3-8/h2-5H2,1H3. The van der Waals surface area contributed by atoms with Crippen molar-refractivity contribution in [1.82, 2.24) is 4.90 Å². The fourth-order valence-electron chi connectivity index (χ4n) is 0.983. The van der Waals surface area contributed by atoms with Crippen molar-refractivity contribution in [3.8, 4) is 0 Å². The van der Waals surface area contributed by atoms with Crippen LogP contribution in [0.25, 0.3) is 0 Å². The zero-order valence-corrected chi connectivity index (χ0v) is 8.54. The van der Waals surface area contributed by atoms with Crippen LogP contribution in [0.4, 0.5) is 0 Å². The summed E-state index contributed by atoms with van der Waals surface area (Å²) >= 11 is 6.22. The topological polar surface area (TPSA) is 29.5 Å². The summed E-state index contributed by atoms with van der Waals surface area (Å²) in [4.78, 5) is 13.2. The van der Waals surface area contributed by atoms with E-state index in [4.69, 9.17) is 17.0 Å². The van der Waals surface area contributed by atoms with E-state index in [-0.39, 0.29) is 5.91 Å². The summed E-state index contributed by atoms with van der Waals surface area (Å²) in [6, 6.07) is 0. The van der Waals surface area contributed by atoms with Crippen LogP contribution in [0.3, 0.4) is 0 Å². The van der Waals surface area contributed by atoms with E-state index in [9.17, 15) is 4.79 Å². The van der Waals surface area contributed by atoms with E-state index < -0.39 is 0 Å². The second-order valence-corrected chi connectivity index (χ2v) is 3.88. The van der Waals surface area contributed by atoms with Crippen LogP contribution in [0.2, 0.25) is 0 Å². The second-order valence-electron chi connectivity index (χ2n) is 2.40. The molecule has 0 unspecified atom stereocenters. The van der Waals surface area contributed by atoms with Gasteiger partial charge in [-0.05, 0) is 6.26 Å². The van der Waals surface area contributed by atoms with Gasteiger partial charge in [0.05, 0.1) is 13.2 Å². The van der Waals surface area contributed by atoms with E-state index in [1.54, 1.807) is 4.90 Å². The van der Waals surface area contributed by atoms with Crippen LogP contribution in [-0.2, 0) is 9.53 Å². The van der Waals surface area contributed by atoms with Crippen molar-refractivity contribution in [2.75, 3.05) is 32.6 Å². The van der Waals surface area contributed by atoms with Gasteiger partial charge in [0.25, 0.3) is 5.91 Å². The van der Waals surface area contributed by atoms with Gasteiger partial charge >= 0.3 is 0 Å². The summed E-state index contributed by atoms with van der Waals surface area (Å²) < 4.78 is 5.56. The molecule has 0 bridgehead atoms. The number of ether oxygens (including phenoxy) is 1. The normalized spacial score (nSPS) is 17.6. The highest BCUT2D eigenvalue weighted by atomic mass is 32.2. The Morgan fingerprint density at radius 2 is 2.08 bits per heavy atom. The molecule has 12 heavy (non-hydrogen) atoms. The van der Waals surface area contributed by atoms with Crippen LogP contribution in [0.1, 0.15) is 0 Å². The predicted octanol–water partition coefficient (Wildman–Crippen LogP) is 0.536. The van der Waals surface area contributed by atoms with Crippen LogP contribution in [-0.4, -0.2) is 47.6 Å². The smallest absolute Gasteiger partial charge is 0.271 e. The Labute approximate surface area is 81.4 Å². The lowest BCUT2D eigenvalue weighted by molar-refractivity contribution is -0.127. The van der Waals surface area contributed by atoms with Crippen molar-refractivity contribution in [2.45, 2.75) is 0 Å². The fourth-order valence-corrected chi connectivity index (χ4v) is 1.42. The van der Waals surface area contributed by atoms with Gasteiger partial charge in [-0.1, -0.05) is 12.2 Å². The summed E-state index contributed by atoms with van der Waals surface area (Å²) in [6.07, 6.45) is 1.82. The van der Waals surface area contributed by atoms with Crippen LogP contribution in [0.15, 0.2) is 0 Å². The van der Waals surface area contributed by atoms with Crippen molar-refractivity contribution in [3.63, 3.8) is 0 Å². The fraction of sp³-hybridized carbons (Fsp3) is 0.714. The third kappa shape index (κ3) is 2.43. The van der Waals surface area contributed by atoms with E-state index in [0.717, 1.165) is 0 Å². The highest BCUT2D eigenvalue weighted by Crippen LogP contribution is 2.05. The van der Waals surface area contributed by atoms with Crippen molar-refractivity contribution >= 4 is 34.1 Å². The molecule has 1 fully saturated rings. The van der Waals surface area contributed by atoms with Gasteiger partial charge in [0.15, 0.2) is 0 Å².